The summed E-state index contributed by atoms with van der Waals surface area (Å²) >= 11 is 0. The van der Waals surface area contributed by atoms with Crippen LogP contribution in [-0.4, -0.2) is 34.5 Å². The quantitative estimate of drug-likeness (QED) is 0.136. The number of ether oxygens (including phenoxy) is 1. The molecule has 0 aliphatic heterocycles. The molecular formula is C32H56O4. The molecule has 0 heterocycles. The zero-order valence-corrected chi connectivity index (χ0v) is 24.4. The van der Waals surface area contributed by atoms with Gasteiger partial charge in [-0.3, -0.25) is 4.79 Å². The van der Waals surface area contributed by atoms with E-state index in [-0.39, 0.29) is 12.0 Å². The number of hydrogen-bond donors (Lipinski definition) is 2. The van der Waals surface area contributed by atoms with Gasteiger partial charge in [-0.1, -0.05) is 63.5 Å². The van der Waals surface area contributed by atoms with Gasteiger partial charge >= 0.3 is 5.97 Å². The number of carboxylic acids is 1. The predicted molar refractivity (Wildman–Crippen MR) is 152 cm³/mol. The summed E-state index contributed by atoms with van der Waals surface area (Å²) in [5.74, 6) is 0.0653. The highest BCUT2D eigenvalue weighted by Crippen LogP contribution is 2.32. The van der Waals surface area contributed by atoms with Crippen LogP contribution in [0.15, 0.2) is 34.9 Å². The van der Waals surface area contributed by atoms with E-state index in [1.165, 1.54) is 36.0 Å². The van der Waals surface area contributed by atoms with Crippen molar-refractivity contribution >= 4 is 5.97 Å². The summed E-state index contributed by atoms with van der Waals surface area (Å²) in [4.78, 5) is 10.9. The van der Waals surface area contributed by atoms with Crippen LogP contribution in [0.3, 0.4) is 0 Å². The van der Waals surface area contributed by atoms with E-state index in [0.29, 0.717) is 24.7 Å². The molecule has 208 valence electrons. The van der Waals surface area contributed by atoms with E-state index in [1.54, 1.807) is 6.92 Å². The maximum Gasteiger partial charge on any atom is 0.306 e. The molecule has 1 aliphatic carbocycles. The first-order chi connectivity index (χ1) is 17.0. The van der Waals surface area contributed by atoms with Gasteiger partial charge in [0.05, 0.1) is 17.6 Å². The van der Waals surface area contributed by atoms with Crippen LogP contribution >= 0.6 is 0 Å². The number of carbonyl (C=O) groups is 1. The Balaban J connectivity index is 2.33. The highest BCUT2D eigenvalue weighted by molar-refractivity contribution is 5.69. The molecule has 5 atom stereocenters. The van der Waals surface area contributed by atoms with E-state index >= 15 is 0 Å². The van der Waals surface area contributed by atoms with E-state index in [4.69, 9.17) is 9.84 Å². The Bertz CT molecular complexity index is 730. The molecule has 1 aliphatic rings. The van der Waals surface area contributed by atoms with E-state index in [2.05, 4.69) is 52.8 Å². The number of carboxylic acid groups (broad SMARTS) is 1. The average Bonchev–Trinajstić information content (AvgIpc) is 2.80. The molecule has 2 N–H and O–H groups in total. The van der Waals surface area contributed by atoms with Gasteiger partial charge < -0.3 is 14.9 Å². The minimum absolute atomic E-state index is 0.244. The van der Waals surface area contributed by atoms with Gasteiger partial charge in [0.15, 0.2) is 0 Å². The van der Waals surface area contributed by atoms with Crippen LogP contribution in [0.1, 0.15) is 126 Å². The molecule has 0 fully saturated rings. The third-order valence-corrected chi connectivity index (χ3v) is 8.03. The van der Waals surface area contributed by atoms with Crippen molar-refractivity contribution in [2.45, 2.75) is 137 Å². The van der Waals surface area contributed by atoms with E-state index in [1.807, 2.05) is 6.92 Å². The number of rotatable bonds is 19. The fraction of sp³-hybridized carbons (Fsp3) is 0.781. The monoisotopic (exact) mass is 504 g/mol. The van der Waals surface area contributed by atoms with Crippen molar-refractivity contribution in [3.63, 3.8) is 0 Å². The largest absolute Gasteiger partial charge is 0.481 e. The Morgan fingerprint density at radius 2 is 1.83 bits per heavy atom. The summed E-state index contributed by atoms with van der Waals surface area (Å²) in [5, 5.41) is 19.6. The van der Waals surface area contributed by atoms with Crippen LogP contribution in [0.25, 0.3) is 0 Å². The zero-order chi connectivity index (χ0) is 27.1. The molecule has 0 aromatic heterocycles. The Labute approximate surface area is 222 Å². The van der Waals surface area contributed by atoms with Crippen molar-refractivity contribution < 1.29 is 19.7 Å². The van der Waals surface area contributed by atoms with Crippen LogP contribution in [0.2, 0.25) is 0 Å². The first-order valence-electron chi connectivity index (χ1n) is 14.6. The molecule has 0 amide bonds. The molecule has 0 bridgehead atoms. The molecule has 36 heavy (non-hydrogen) atoms. The zero-order valence-electron chi connectivity index (χ0n) is 24.4. The second-order valence-corrected chi connectivity index (χ2v) is 11.8. The second-order valence-electron chi connectivity index (χ2n) is 11.8. The average molecular weight is 505 g/mol. The maximum atomic E-state index is 10.9. The van der Waals surface area contributed by atoms with Crippen molar-refractivity contribution in [2.75, 3.05) is 6.61 Å². The highest BCUT2D eigenvalue weighted by Gasteiger charge is 2.26. The Hall–Kier alpha value is -1.39. The number of aliphatic hydroxyl groups is 1. The summed E-state index contributed by atoms with van der Waals surface area (Å²) in [5.41, 5.74) is 3.59. The van der Waals surface area contributed by atoms with Crippen LogP contribution in [0, 0.1) is 17.8 Å². The third-order valence-electron chi connectivity index (χ3n) is 8.03. The van der Waals surface area contributed by atoms with Gasteiger partial charge in [0.25, 0.3) is 0 Å². The lowest BCUT2D eigenvalue weighted by molar-refractivity contribution is -0.141. The maximum absolute atomic E-state index is 10.9. The summed E-state index contributed by atoms with van der Waals surface area (Å²) in [6.07, 6.45) is 19.0. The van der Waals surface area contributed by atoms with Gasteiger partial charge in [0.1, 0.15) is 0 Å². The smallest absolute Gasteiger partial charge is 0.306 e. The van der Waals surface area contributed by atoms with Gasteiger partial charge in [0.2, 0.25) is 0 Å². The highest BCUT2D eigenvalue weighted by atomic mass is 16.5. The van der Waals surface area contributed by atoms with Crippen molar-refractivity contribution in [1.29, 1.82) is 0 Å². The molecule has 4 heteroatoms. The Morgan fingerprint density at radius 1 is 1.14 bits per heavy atom. The normalized spacial score (nSPS) is 21.9. The molecule has 0 saturated heterocycles. The van der Waals surface area contributed by atoms with Gasteiger partial charge in [-0.15, -0.1) is 0 Å². The van der Waals surface area contributed by atoms with Gasteiger partial charge in [0, 0.05) is 12.5 Å². The van der Waals surface area contributed by atoms with Gasteiger partial charge in [-0.05, 0) is 103 Å². The minimum atomic E-state index is -0.752. The van der Waals surface area contributed by atoms with E-state index in [9.17, 15) is 9.90 Å². The first-order valence-corrected chi connectivity index (χ1v) is 14.6. The molecule has 0 aromatic rings. The molecule has 0 spiro atoms. The molecule has 5 unspecified atom stereocenters. The molecule has 1 rings (SSSR count). The Morgan fingerprint density at radius 3 is 2.50 bits per heavy atom. The molecule has 0 saturated carbocycles. The van der Waals surface area contributed by atoms with Crippen molar-refractivity contribution in [1.82, 2.24) is 0 Å². The fourth-order valence-corrected chi connectivity index (χ4v) is 4.94. The van der Waals surface area contributed by atoms with Crippen LogP contribution in [0.5, 0.6) is 0 Å². The van der Waals surface area contributed by atoms with Gasteiger partial charge in [-0.2, -0.15) is 0 Å². The van der Waals surface area contributed by atoms with Crippen molar-refractivity contribution in [2.24, 2.45) is 17.8 Å². The summed E-state index contributed by atoms with van der Waals surface area (Å²) in [6, 6.07) is 0. The molecule has 0 aromatic carbocycles. The lowest BCUT2D eigenvalue weighted by Gasteiger charge is -2.31. The number of allylic oxidation sites excluding steroid dienone is 4. The topological polar surface area (TPSA) is 66.8 Å². The SMILES string of the molecule is CCCCOC1C(CCC(C)CCC=C(C)CCCC(C)(O)CCCC(C)C(=O)O)=CC=C(C)C1C. The molecule has 0 radical (unpaired) electrons. The lowest BCUT2D eigenvalue weighted by atomic mass is 9.83. The van der Waals surface area contributed by atoms with E-state index in [0.717, 1.165) is 51.6 Å². The minimum Gasteiger partial charge on any atom is -0.481 e. The van der Waals surface area contributed by atoms with Crippen LogP contribution < -0.4 is 0 Å². The standard InChI is InChI=1S/C32H56O4/c1-8-9-23-36-30-28(6)26(4)18-20-29(30)19-17-25(3)14-10-13-24(2)15-11-21-32(7,35)22-12-16-27(5)31(33)34/h13,18,20,25,27-28,30,35H,8-12,14-17,19,21-23H2,1-7H3,(H,33,34). The fourth-order valence-electron chi connectivity index (χ4n) is 4.94. The number of hydrogen-bond acceptors (Lipinski definition) is 3. The molecule has 4 nitrogen and oxygen atoms in total. The summed E-state index contributed by atoms with van der Waals surface area (Å²) < 4.78 is 6.31. The van der Waals surface area contributed by atoms with Crippen LogP contribution in [0.4, 0.5) is 0 Å². The first kappa shape index (κ1) is 32.6. The second kappa shape index (κ2) is 17.2. The van der Waals surface area contributed by atoms with Crippen molar-refractivity contribution in [3.05, 3.63) is 34.9 Å². The number of aliphatic carboxylic acids is 1. The van der Waals surface area contributed by atoms with Gasteiger partial charge in [-0.25, -0.2) is 0 Å². The van der Waals surface area contributed by atoms with Crippen molar-refractivity contribution in [3.8, 4) is 0 Å². The summed E-state index contributed by atoms with van der Waals surface area (Å²) in [6.45, 7) is 15.8. The van der Waals surface area contributed by atoms with E-state index < -0.39 is 11.6 Å². The van der Waals surface area contributed by atoms with Crippen LogP contribution in [-0.2, 0) is 9.53 Å². The lowest BCUT2D eigenvalue weighted by Crippen LogP contribution is -2.28. The predicted octanol–water partition coefficient (Wildman–Crippen LogP) is 8.65. The summed E-state index contributed by atoms with van der Waals surface area (Å²) in [7, 11) is 0. The number of unbranched alkanes of at least 4 members (excludes halogenated alkanes) is 1. The third kappa shape index (κ3) is 13.2. The Kier molecular flexibility index (Phi) is 15.6. The molecular weight excluding hydrogens is 448 g/mol.